The minimum Gasteiger partial charge on any atom is -0.497 e. The Kier molecular flexibility index (Phi) is 3.93. The lowest BCUT2D eigenvalue weighted by atomic mass is 9.86. The second-order valence-corrected chi connectivity index (χ2v) is 5.67. The Labute approximate surface area is 125 Å². The van der Waals surface area contributed by atoms with E-state index in [1.54, 1.807) is 7.11 Å². The highest BCUT2D eigenvalue weighted by Gasteiger charge is 2.26. The zero-order chi connectivity index (χ0) is 14.8. The zero-order valence-electron chi connectivity index (χ0n) is 12.5. The Balaban J connectivity index is 2.13. The van der Waals surface area contributed by atoms with Crippen molar-refractivity contribution in [3.8, 4) is 5.75 Å². The van der Waals surface area contributed by atoms with Gasteiger partial charge in [-0.2, -0.15) is 0 Å². The van der Waals surface area contributed by atoms with Crippen LogP contribution in [-0.2, 0) is 6.54 Å². The lowest BCUT2D eigenvalue weighted by molar-refractivity contribution is 0.327. The van der Waals surface area contributed by atoms with Gasteiger partial charge in [-0.15, -0.1) is 0 Å². The smallest absolute Gasteiger partial charge is 0.131 e. The van der Waals surface area contributed by atoms with Crippen LogP contribution in [0.25, 0.3) is 0 Å². The van der Waals surface area contributed by atoms with Crippen molar-refractivity contribution in [2.24, 2.45) is 0 Å². The molecule has 0 spiro atoms. The standard InChI is InChI=1S/C18H20FNO/c1-20-9-8-16(13-6-4-3-5-7-13)18-14(12-20)10-15(21-2)11-17(18)19/h3-7,10-11,16H,8-9,12H2,1-2H3. The van der Waals surface area contributed by atoms with Gasteiger partial charge in [0.25, 0.3) is 0 Å². The molecular weight excluding hydrogens is 265 g/mol. The molecule has 3 rings (SSSR count). The average molecular weight is 285 g/mol. The molecule has 1 aliphatic heterocycles. The number of rotatable bonds is 2. The van der Waals surface area contributed by atoms with Gasteiger partial charge in [0.1, 0.15) is 11.6 Å². The fourth-order valence-electron chi connectivity index (χ4n) is 3.17. The topological polar surface area (TPSA) is 12.5 Å². The van der Waals surface area contributed by atoms with Crippen molar-refractivity contribution >= 4 is 0 Å². The molecule has 110 valence electrons. The van der Waals surface area contributed by atoms with E-state index in [9.17, 15) is 4.39 Å². The SMILES string of the molecule is COc1cc(F)c2c(c1)CN(C)CCC2c1ccccc1. The molecule has 2 aromatic carbocycles. The Morgan fingerprint density at radius 1 is 1.19 bits per heavy atom. The lowest BCUT2D eigenvalue weighted by Gasteiger charge is -2.19. The van der Waals surface area contributed by atoms with Gasteiger partial charge in [-0.1, -0.05) is 30.3 Å². The van der Waals surface area contributed by atoms with Gasteiger partial charge in [-0.05, 0) is 37.2 Å². The molecule has 1 heterocycles. The van der Waals surface area contributed by atoms with Gasteiger partial charge in [0.2, 0.25) is 0 Å². The average Bonchev–Trinajstić information content (AvgIpc) is 2.66. The molecule has 0 aromatic heterocycles. The van der Waals surface area contributed by atoms with E-state index in [0.29, 0.717) is 5.75 Å². The minimum atomic E-state index is -0.159. The predicted molar refractivity (Wildman–Crippen MR) is 82.2 cm³/mol. The third-order valence-corrected chi connectivity index (χ3v) is 4.21. The first-order valence-corrected chi connectivity index (χ1v) is 7.29. The van der Waals surface area contributed by atoms with E-state index in [0.717, 1.165) is 30.6 Å². The van der Waals surface area contributed by atoms with Gasteiger partial charge >= 0.3 is 0 Å². The first-order valence-electron chi connectivity index (χ1n) is 7.29. The highest BCUT2D eigenvalue weighted by Crippen LogP contribution is 2.37. The first-order chi connectivity index (χ1) is 10.2. The van der Waals surface area contributed by atoms with E-state index >= 15 is 0 Å². The summed E-state index contributed by atoms with van der Waals surface area (Å²) in [4.78, 5) is 2.24. The van der Waals surface area contributed by atoms with Crippen LogP contribution >= 0.6 is 0 Å². The van der Waals surface area contributed by atoms with Crippen molar-refractivity contribution in [1.82, 2.24) is 4.90 Å². The fraction of sp³-hybridized carbons (Fsp3) is 0.333. The summed E-state index contributed by atoms with van der Waals surface area (Å²) < 4.78 is 19.9. The summed E-state index contributed by atoms with van der Waals surface area (Å²) >= 11 is 0. The molecule has 0 saturated heterocycles. The second-order valence-electron chi connectivity index (χ2n) is 5.67. The number of nitrogens with zero attached hydrogens (tertiary/aromatic N) is 1. The van der Waals surface area contributed by atoms with E-state index in [1.807, 2.05) is 24.3 Å². The number of hydrogen-bond acceptors (Lipinski definition) is 2. The van der Waals surface area contributed by atoms with Gasteiger partial charge in [0.15, 0.2) is 0 Å². The van der Waals surface area contributed by atoms with Crippen LogP contribution in [0.4, 0.5) is 4.39 Å². The molecule has 1 unspecified atom stereocenters. The van der Waals surface area contributed by atoms with Gasteiger partial charge in [-0.3, -0.25) is 0 Å². The number of benzene rings is 2. The van der Waals surface area contributed by atoms with Crippen LogP contribution in [0.5, 0.6) is 5.75 Å². The summed E-state index contributed by atoms with van der Waals surface area (Å²) in [6.45, 7) is 1.71. The van der Waals surface area contributed by atoms with Crippen molar-refractivity contribution in [3.05, 3.63) is 65.0 Å². The predicted octanol–water partition coefficient (Wildman–Crippen LogP) is 3.80. The van der Waals surface area contributed by atoms with Crippen LogP contribution in [0, 0.1) is 5.82 Å². The molecule has 0 radical (unpaired) electrons. The molecule has 21 heavy (non-hydrogen) atoms. The van der Waals surface area contributed by atoms with Gasteiger partial charge in [0, 0.05) is 24.1 Å². The normalized spacial score (nSPS) is 18.9. The minimum absolute atomic E-state index is 0.108. The Morgan fingerprint density at radius 2 is 1.95 bits per heavy atom. The van der Waals surface area contributed by atoms with Gasteiger partial charge in [0.05, 0.1) is 7.11 Å². The molecule has 2 nitrogen and oxygen atoms in total. The monoisotopic (exact) mass is 285 g/mol. The molecule has 0 fully saturated rings. The van der Waals surface area contributed by atoms with E-state index in [4.69, 9.17) is 4.74 Å². The van der Waals surface area contributed by atoms with Gasteiger partial charge in [-0.25, -0.2) is 4.39 Å². The van der Waals surface area contributed by atoms with Crippen LogP contribution in [0.2, 0.25) is 0 Å². The molecule has 0 saturated carbocycles. The largest absolute Gasteiger partial charge is 0.497 e. The third-order valence-electron chi connectivity index (χ3n) is 4.21. The van der Waals surface area contributed by atoms with Crippen LogP contribution in [0.15, 0.2) is 42.5 Å². The van der Waals surface area contributed by atoms with Crippen molar-refractivity contribution < 1.29 is 9.13 Å². The summed E-state index contributed by atoms with van der Waals surface area (Å²) in [7, 11) is 3.66. The Bertz CT molecular complexity index is 627. The van der Waals surface area contributed by atoms with Crippen LogP contribution in [0.3, 0.4) is 0 Å². The summed E-state index contributed by atoms with van der Waals surface area (Å²) in [5, 5.41) is 0. The molecule has 0 N–H and O–H groups in total. The van der Waals surface area contributed by atoms with Crippen molar-refractivity contribution in [2.45, 2.75) is 18.9 Å². The summed E-state index contributed by atoms with van der Waals surface area (Å²) in [5.41, 5.74) is 3.03. The molecule has 0 aliphatic carbocycles. The maximum Gasteiger partial charge on any atom is 0.131 e. The highest BCUT2D eigenvalue weighted by atomic mass is 19.1. The molecule has 0 bridgehead atoms. The first kappa shape index (κ1) is 14.1. The lowest BCUT2D eigenvalue weighted by Crippen LogP contribution is -2.17. The third kappa shape index (κ3) is 2.79. The van der Waals surface area contributed by atoms with E-state index in [2.05, 4.69) is 24.1 Å². The van der Waals surface area contributed by atoms with E-state index in [-0.39, 0.29) is 11.7 Å². The van der Waals surface area contributed by atoms with Gasteiger partial charge < -0.3 is 9.64 Å². The summed E-state index contributed by atoms with van der Waals surface area (Å²) in [5.74, 6) is 0.541. The van der Waals surface area contributed by atoms with Crippen molar-refractivity contribution in [3.63, 3.8) is 0 Å². The number of methoxy groups -OCH3 is 1. The molecule has 1 atom stereocenters. The van der Waals surface area contributed by atoms with E-state index in [1.165, 1.54) is 11.6 Å². The molecule has 2 aromatic rings. The zero-order valence-corrected chi connectivity index (χ0v) is 12.5. The number of ether oxygens (including phenoxy) is 1. The maximum atomic E-state index is 14.7. The molecule has 3 heteroatoms. The number of halogens is 1. The quantitative estimate of drug-likeness (QED) is 0.832. The Hall–Kier alpha value is -1.87. The second kappa shape index (κ2) is 5.86. The molecule has 0 amide bonds. The molecular formula is C18H20FNO. The van der Waals surface area contributed by atoms with E-state index < -0.39 is 0 Å². The fourth-order valence-corrected chi connectivity index (χ4v) is 3.17. The van der Waals surface area contributed by atoms with Crippen molar-refractivity contribution in [2.75, 3.05) is 20.7 Å². The number of fused-ring (bicyclic) bond motifs is 1. The molecule has 1 aliphatic rings. The maximum absolute atomic E-state index is 14.7. The highest BCUT2D eigenvalue weighted by molar-refractivity contribution is 5.44. The van der Waals surface area contributed by atoms with Crippen molar-refractivity contribution in [1.29, 1.82) is 0 Å². The summed E-state index contributed by atoms with van der Waals surface area (Å²) in [6, 6.07) is 13.7. The van der Waals surface area contributed by atoms with Crippen LogP contribution in [-0.4, -0.2) is 25.6 Å². The Morgan fingerprint density at radius 3 is 2.67 bits per heavy atom. The van der Waals surface area contributed by atoms with Crippen LogP contribution in [0.1, 0.15) is 29.0 Å². The number of hydrogen-bond donors (Lipinski definition) is 0. The summed E-state index contributed by atoms with van der Waals surface area (Å²) in [6.07, 6.45) is 0.927. The van der Waals surface area contributed by atoms with Crippen LogP contribution < -0.4 is 4.74 Å².